The van der Waals surface area contributed by atoms with Crippen LogP contribution in [0.3, 0.4) is 0 Å². The molecule has 0 spiro atoms. The van der Waals surface area contributed by atoms with Crippen LogP contribution in [0.2, 0.25) is 0 Å². The Morgan fingerprint density at radius 2 is 2.17 bits per heavy atom. The number of nitrogens with zero attached hydrogens (tertiary/aromatic N) is 4. The van der Waals surface area contributed by atoms with Crippen LogP contribution >= 0.6 is 0 Å². The fourth-order valence-corrected chi connectivity index (χ4v) is 2.58. The van der Waals surface area contributed by atoms with Crippen LogP contribution in [0.25, 0.3) is 0 Å². The molecule has 24 heavy (non-hydrogen) atoms. The molecule has 0 fully saturated rings. The normalized spacial score (nSPS) is 16.2. The molecule has 0 radical (unpaired) electrons. The van der Waals surface area contributed by atoms with Crippen molar-refractivity contribution in [3.8, 4) is 5.75 Å². The molecule has 1 atom stereocenters. The lowest BCUT2D eigenvalue weighted by Gasteiger charge is -2.27. The van der Waals surface area contributed by atoms with Crippen LogP contribution in [0.15, 0.2) is 48.2 Å². The monoisotopic (exact) mass is 327 g/mol. The summed E-state index contributed by atoms with van der Waals surface area (Å²) < 4.78 is 12.0. The molecule has 8 heteroatoms. The molecule has 8 nitrogen and oxygen atoms in total. The van der Waals surface area contributed by atoms with Gasteiger partial charge in [0.25, 0.3) is 0 Å². The van der Waals surface area contributed by atoms with Crippen LogP contribution in [-0.2, 0) is 9.53 Å². The van der Waals surface area contributed by atoms with Crippen molar-refractivity contribution in [2.75, 3.05) is 19.0 Å². The van der Waals surface area contributed by atoms with Crippen LogP contribution in [0, 0.1) is 0 Å². The Balaban J connectivity index is 2.06. The number of benzene rings is 1. The standard InChI is InChI=1S/C16H17N5O3/c1-4-9-24-15(22)13-10(2)17-16-18-19-20-21(16)14(13)11-5-7-12(23-3)8-6-11/h4-8,14H,1,9H2,2-3H3,(H,17,18,20)/t14-/m1/s1. The molecule has 1 aromatic carbocycles. The van der Waals surface area contributed by atoms with E-state index in [9.17, 15) is 4.79 Å². The molecular formula is C16H17N5O3. The van der Waals surface area contributed by atoms with Crippen molar-refractivity contribution in [2.45, 2.75) is 13.0 Å². The number of aromatic nitrogens is 4. The van der Waals surface area contributed by atoms with Gasteiger partial charge in [-0.3, -0.25) is 0 Å². The van der Waals surface area contributed by atoms with E-state index in [4.69, 9.17) is 9.47 Å². The van der Waals surface area contributed by atoms with E-state index in [-0.39, 0.29) is 6.61 Å². The number of carbonyl (C=O) groups is 1. The number of rotatable bonds is 5. The fourth-order valence-electron chi connectivity index (χ4n) is 2.58. The maximum absolute atomic E-state index is 12.5. The lowest BCUT2D eigenvalue weighted by Crippen LogP contribution is -2.29. The third kappa shape index (κ3) is 2.73. The summed E-state index contributed by atoms with van der Waals surface area (Å²) in [4.78, 5) is 12.5. The highest BCUT2D eigenvalue weighted by atomic mass is 16.5. The van der Waals surface area contributed by atoms with Crippen LogP contribution < -0.4 is 10.1 Å². The van der Waals surface area contributed by atoms with E-state index in [2.05, 4.69) is 27.4 Å². The van der Waals surface area contributed by atoms with Crippen molar-refractivity contribution in [1.82, 2.24) is 20.2 Å². The highest BCUT2D eigenvalue weighted by Crippen LogP contribution is 2.35. The van der Waals surface area contributed by atoms with E-state index in [0.717, 1.165) is 11.3 Å². The Hall–Kier alpha value is -3.16. The topological polar surface area (TPSA) is 91.2 Å². The number of anilines is 1. The van der Waals surface area contributed by atoms with Gasteiger partial charge in [0.15, 0.2) is 0 Å². The molecule has 0 saturated heterocycles. The summed E-state index contributed by atoms with van der Waals surface area (Å²) in [7, 11) is 1.60. The zero-order valence-electron chi connectivity index (χ0n) is 13.4. The minimum Gasteiger partial charge on any atom is -0.497 e. The smallest absolute Gasteiger partial charge is 0.338 e. The molecule has 2 aromatic rings. The van der Waals surface area contributed by atoms with Crippen LogP contribution in [-0.4, -0.2) is 39.9 Å². The van der Waals surface area contributed by atoms with Gasteiger partial charge in [0, 0.05) is 5.70 Å². The maximum atomic E-state index is 12.5. The zero-order chi connectivity index (χ0) is 17.1. The molecule has 2 heterocycles. The Morgan fingerprint density at radius 1 is 1.42 bits per heavy atom. The van der Waals surface area contributed by atoms with Gasteiger partial charge in [-0.25, -0.2) is 4.79 Å². The first-order chi connectivity index (χ1) is 11.7. The van der Waals surface area contributed by atoms with Gasteiger partial charge in [-0.1, -0.05) is 29.9 Å². The van der Waals surface area contributed by atoms with Gasteiger partial charge in [0.05, 0.1) is 12.7 Å². The van der Waals surface area contributed by atoms with Crippen molar-refractivity contribution in [2.24, 2.45) is 0 Å². The SMILES string of the molecule is C=CCOC(=O)C1=C(C)Nc2nnnn2[C@@H]1c1ccc(OC)cc1. The Kier molecular flexibility index (Phi) is 4.28. The Labute approximate surface area is 138 Å². The van der Waals surface area contributed by atoms with E-state index < -0.39 is 12.0 Å². The first-order valence-corrected chi connectivity index (χ1v) is 7.33. The summed E-state index contributed by atoms with van der Waals surface area (Å²) in [6.45, 7) is 5.48. The second-order valence-corrected chi connectivity index (χ2v) is 5.17. The number of ether oxygens (including phenoxy) is 2. The molecule has 1 aliphatic heterocycles. The predicted molar refractivity (Wildman–Crippen MR) is 86.4 cm³/mol. The van der Waals surface area contributed by atoms with Crippen molar-refractivity contribution in [1.29, 1.82) is 0 Å². The quantitative estimate of drug-likeness (QED) is 0.660. The van der Waals surface area contributed by atoms with Crippen molar-refractivity contribution < 1.29 is 14.3 Å². The summed E-state index contributed by atoms with van der Waals surface area (Å²) in [6.07, 6.45) is 1.52. The summed E-state index contributed by atoms with van der Waals surface area (Å²) in [5.74, 6) is 0.747. The number of nitrogens with one attached hydrogen (secondary N) is 1. The van der Waals surface area contributed by atoms with Crippen molar-refractivity contribution in [3.05, 3.63) is 53.8 Å². The zero-order valence-corrected chi connectivity index (χ0v) is 13.4. The highest BCUT2D eigenvalue weighted by molar-refractivity contribution is 5.92. The molecule has 0 bridgehead atoms. The number of hydrogen-bond donors (Lipinski definition) is 1. The van der Waals surface area contributed by atoms with Crippen LogP contribution in [0.5, 0.6) is 5.75 Å². The number of carbonyl (C=O) groups excluding carboxylic acids is 1. The van der Waals surface area contributed by atoms with Crippen molar-refractivity contribution >= 4 is 11.9 Å². The van der Waals surface area contributed by atoms with Gasteiger partial charge >= 0.3 is 5.97 Å². The first-order valence-electron chi connectivity index (χ1n) is 7.33. The second kappa shape index (κ2) is 6.53. The molecule has 0 saturated carbocycles. The minimum atomic E-state index is -0.487. The molecule has 0 amide bonds. The minimum absolute atomic E-state index is 0.132. The Morgan fingerprint density at radius 3 is 2.83 bits per heavy atom. The van der Waals surface area contributed by atoms with Gasteiger partial charge < -0.3 is 14.8 Å². The molecule has 0 aliphatic carbocycles. The first kappa shape index (κ1) is 15.7. The molecule has 3 rings (SSSR count). The van der Waals surface area contributed by atoms with Gasteiger partial charge in [-0.15, -0.1) is 0 Å². The number of hydrogen-bond acceptors (Lipinski definition) is 7. The van der Waals surface area contributed by atoms with Gasteiger partial charge in [-0.2, -0.15) is 4.68 Å². The van der Waals surface area contributed by atoms with E-state index >= 15 is 0 Å². The third-order valence-electron chi connectivity index (χ3n) is 3.70. The average molecular weight is 327 g/mol. The Bertz CT molecular complexity index is 794. The largest absolute Gasteiger partial charge is 0.497 e. The number of methoxy groups -OCH3 is 1. The average Bonchev–Trinajstić information content (AvgIpc) is 3.06. The molecular weight excluding hydrogens is 310 g/mol. The summed E-state index contributed by atoms with van der Waals surface area (Å²) in [5, 5.41) is 14.6. The van der Waals surface area contributed by atoms with Gasteiger partial charge in [0.1, 0.15) is 18.4 Å². The van der Waals surface area contributed by atoms with E-state index in [1.54, 1.807) is 18.7 Å². The summed E-state index contributed by atoms with van der Waals surface area (Å²) in [6, 6.07) is 6.90. The summed E-state index contributed by atoms with van der Waals surface area (Å²) >= 11 is 0. The number of esters is 1. The fraction of sp³-hybridized carbons (Fsp3) is 0.250. The molecule has 1 aromatic heterocycles. The van der Waals surface area contributed by atoms with Crippen LogP contribution in [0.1, 0.15) is 18.5 Å². The molecule has 1 N–H and O–H groups in total. The molecule has 1 aliphatic rings. The van der Waals surface area contributed by atoms with E-state index in [1.165, 1.54) is 6.08 Å². The number of fused-ring (bicyclic) bond motifs is 1. The summed E-state index contributed by atoms with van der Waals surface area (Å²) in [5.41, 5.74) is 1.93. The van der Waals surface area contributed by atoms with Crippen molar-refractivity contribution in [3.63, 3.8) is 0 Å². The predicted octanol–water partition coefficient (Wildman–Crippen LogP) is 1.70. The van der Waals surface area contributed by atoms with Gasteiger partial charge in [0.2, 0.25) is 5.95 Å². The second-order valence-electron chi connectivity index (χ2n) is 5.17. The van der Waals surface area contributed by atoms with E-state index in [0.29, 0.717) is 17.2 Å². The van der Waals surface area contributed by atoms with E-state index in [1.807, 2.05) is 24.3 Å². The number of tetrazole rings is 1. The van der Waals surface area contributed by atoms with Crippen LogP contribution in [0.4, 0.5) is 5.95 Å². The lowest BCUT2D eigenvalue weighted by atomic mass is 9.96. The van der Waals surface area contributed by atoms with Gasteiger partial charge in [-0.05, 0) is 35.0 Å². The molecule has 124 valence electrons. The third-order valence-corrected chi connectivity index (χ3v) is 3.70. The maximum Gasteiger partial charge on any atom is 0.338 e. The molecule has 0 unspecified atom stereocenters. The highest BCUT2D eigenvalue weighted by Gasteiger charge is 2.34. The number of allylic oxidation sites excluding steroid dienone is 1. The lowest BCUT2D eigenvalue weighted by molar-refractivity contribution is -0.138.